The lowest BCUT2D eigenvalue weighted by Crippen LogP contribution is -2.22. The molecule has 1 heterocycles. The van der Waals surface area contributed by atoms with E-state index in [1.54, 1.807) is 6.92 Å². The molecule has 7 nitrogen and oxygen atoms in total. The van der Waals surface area contributed by atoms with Crippen LogP contribution >= 0.6 is 0 Å². The van der Waals surface area contributed by atoms with Crippen molar-refractivity contribution in [3.8, 4) is 11.5 Å². The first-order chi connectivity index (χ1) is 13.3. The maximum atomic E-state index is 12.7. The summed E-state index contributed by atoms with van der Waals surface area (Å²) in [6.07, 6.45) is 5.87. The Morgan fingerprint density at radius 3 is 2.61 bits per heavy atom. The number of aromatic nitrogens is 1. The second-order valence-electron chi connectivity index (χ2n) is 6.87. The Kier molecular flexibility index (Phi) is 6.98. The minimum absolute atomic E-state index is 0.142. The summed E-state index contributed by atoms with van der Waals surface area (Å²) in [5.74, 6) is -0.438. The Morgan fingerprint density at radius 2 is 2.00 bits per heavy atom. The molecule has 1 aromatic carbocycles. The van der Waals surface area contributed by atoms with Gasteiger partial charge in [-0.3, -0.25) is 14.9 Å². The second kappa shape index (κ2) is 9.21. The SMILES string of the molecule is CCn1c(=O)c(OC/C=C(\C)CCC=C(C)C)c(O)c2ccc([N+](=O)[O-])cc21. The van der Waals surface area contributed by atoms with Crippen LogP contribution in [0, 0.1) is 10.1 Å². The van der Waals surface area contributed by atoms with Crippen molar-refractivity contribution < 1.29 is 14.8 Å². The van der Waals surface area contributed by atoms with E-state index in [1.165, 1.54) is 28.3 Å². The fourth-order valence-corrected chi connectivity index (χ4v) is 2.91. The van der Waals surface area contributed by atoms with Gasteiger partial charge in [-0.1, -0.05) is 17.2 Å². The summed E-state index contributed by atoms with van der Waals surface area (Å²) in [4.78, 5) is 23.2. The van der Waals surface area contributed by atoms with E-state index in [1.807, 2.05) is 13.0 Å². The largest absolute Gasteiger partial charge is 0.504 e. The summed E-state index contributed by atoms with van der Waals surface area (Å²) in [7, 11) is 0. The molecule has 0 saturated carbocycles. The first-order valence-corrected chi connectivity index (χ1v) is 9.22. The van der Waals surface area contributed by atoms with E-state index in [0.717, 1.165) is 18.4 Å². The fraction of sp³-hybridized carbons (Fsp3) is 0.381. The zero-order valence-corrected chi connectivity index (χ0v) is 16.7. The van der Waals surface area contributed by atoms with Crippen LogP contribution in [0.15, 0.2) is 46.3 Å². The molecule has 0 spiro atoms. The summed E-state index contributed by atoms with van der Waals surface area (Å²) < 4.78 is 6.95. The Morgan fingerprint density at radius 1 is 1.29 bits per heavy atom. The molecule has 2 rings (SSSR count). The number of hydrogen-bond donors (Lipinski definition) is 1. The van der Waals surface area contributed by atoms with Gasteiger partial charge in [0.25, 0.3) is 11.2 Å². The zero-order chi connectivity index (χ0) is 20.8. The molecule has 0 atom stereocenters. The molecule has 0 aliphatic rings. The predicted octanol–water partition coefficient (Wildman–Crippen LogP) is 4.71. The third-order valence-electron chi connectivity index (χ3n) is 4.46. The highest BCUT2D eigenvalue weighted by Crippen LogP contribution is 2.33. The summed E-state index contributed by atoms with van der Waals surface area (Å²) in [5, 5.41) is 21.9. The minimum Gasteiger partial charge on any atom is -0.504 e. The van der Waals surface area contributed by atoms with Crippen LogP contribution in [0.3, 0.4) is 0 Å². The number of non-ortho nitro benzene ring substituents is 1. The van der Waals surface area contributed by atoms with Gasteiger partial charge in [-0.15, -0.1) is 0 Å². The van der Waals surface area contributed by atoms with E-state index in [0.29, 0.717) is 17.4 Å². The molecule has 1 N–H and O–H groups in total. The number of rotatable bonds is 8. The van der Waals surface area contributed by atoms with E-state index >= 15 is 0 Å². The van der Waals surface area contributed by atoms with Gasteiger partial charge in [-0.25, -0.2) is 0 Å². The zero-order valence-electron chi connectivity index (χ0n) is 16.7. The molecule has 7 heteroatoms. The molecule has 0 bridgehead atoms. The number of nitro groups is 1. The molecule has 0 aliphatic carbocycles. The van der Waals surface area contributed by atoms with Crippen molar-refractivity contribution >= 4 is 16.6 Å². The van der Waals surface area contributed by atoms with E-state index in [4.69, 9.17) is 4.74 Å². The van der Waals surface area contributed by atoms with Crippen molar-refractivity contribution in [2.24, 2.45) is 0 Å². The van der Waals surface area contributed by atoms with Crippen LogP contribution in [0.1, 0.15) is 40.5 Å². The number of aryl methyl sites for hydroxylation is 1. The predicted molar refractivity (Wildman–Crippen MR) is 110 cm³/mol. The van der Waals surface area contributed by atoms with Crippen molar-refractivity contribution in [1.29, 1.82) is 0 Å². The highest BCUT2D eigenvalue weighted by molar-refractivity contribution is 5.89. The standard InChI is InChI=1S/C21H26N2O5/c1-5-22-18-13-16(23(26)27)9-10-17(18)19(24)20(21(22)25)28-12-11-15(4)8-6-7-14(2)3/h7,9-11,13,24H,5-6,8,12H2,1-4H3/b15-11+. The molecule has 0 unspecified atom stereocenters. The minimum atomic E-state index is -0.534. The maximum absolute atomic E-state index is 12.7. The molecule has 0 aliphatic heterocycles. The number of benzene rings is 1. The van der Waals surface area contributed by atoms with E-state index < -0.39 is 10.5 Å². The highest BCUT2D eigenvalue weighted by Gasteiger charge is 2.19. The van der Waals surface area contributed by atoms with Crippen LogP contribution in [-0.4, -0.2) is 21.2 Å². The van der Waals surface area contributed by atoms with Gasteiger partial charge in [0.2, 0.25) is 5.75 Å². The Labute approximate surface area is 163 Å². The van der Waals surface area contributed by atoms with Crippen LogP contribution in [0.4, 0.5) is 5.69 Å². The average Bonchev–Trinajstić information content (AvgIpc) is 2.64. The first-order valence-electron chi connectivity index (χ1n) is 9.22. The van der Waals surface area contributed by atoms with Crippen molar-refractivity contribution in [2.45, 2.75) is 47.1 Å². The smallest absolute Gasteiger partial charge is 0.297 e. The van der Waals surface area contributed by atoms with E-state index in [9.17, 15) is 20.0 Å². The van der Waals surface area contributed by atoms with Crippen molar-refractivity contribution in [2.75, 3.05) is 6.61 Å². The molecule has 0 radical (unpaired) electrons. The topological polar surface area (TPSA) is 94.6 Å². The van der Waals surface area contributed by atoms with E-state index in [2.05, 4.69) is 19.9 Å². The lowest BCUT2D eigenvalue weighted by atomic mass is 10.1. The van der Waals surface area contributed by atoms with Gasteiger partial charge >= 0.3 is 0 Å². The third kappa shape index (κ3) is 4.79. The number of fused-ring (bicyclic) bond motifs is 1. The molecule has 2 aromatic rings. The summed E-state index contributed by atoms with van der Waals surface area (Å²) in [6, 6.07) is 4.02. The van der Waals surface area contributed by atoms with Gasteiger partial charge in [0.05, 0.1) is 10.4 Å². The highest BCUT2D eigenvalue weighted by atomic mass is 16.6. The number of allylic oxidation sites excluding steroid dienone is 3. The Balaban J connectivity index is 2.33. The lowest BCUT2D eigenvalue weighted by Gasteiger charge is -2.13. The summed E-state index contributed by atoms with van der Waals surface area (Å²) in [6.45, 7) is 8.31. The van der Waals surface area contributed by atoms with Crippen molar-refractivity contribution in [3.05, 3.63) is 62.0 Å². The van der Waals surface area contributed by atoms with E-state index in [-0.39, 0.29) is 23.8 Å². The lowest BCUT2D eigenvalue weighted by molar-refractivity contribution is -0.384. The summed E-state index contributed by atoms with van der Waals surface area (Å²) in [5.41, 5.74) is 2.05. The summed E-state index contributed by atoms with van der Waals surface area (Å²) >= 11 is 0. The Hall–Kier alpha value is -3.09. The van der Waals surface area contributed by atoms with Crippen LogP contribution in [0.25, 0.3) is 10.9 Å². The number of nitrogens with zero attached hydrogens (tertiary/aromatic N) is 2. The van der Waals surface area contributed by atoms with Crippen LogP contribution < -0.4 is 10.3 Å². The second-order valence-corrected chi connectivity index (χ2v) is 6.87. The maximum Gasteiger partial charge on any atom is 0.297 e. The van der Waals surface area contributed by atoms with Gasteiger partial charge in [0.15, 0.2) is 5.75 Å². The van der Waals surface area contributed by atoms with Crippen LogP contribution in [-0.2, 0) is 6.54 Å². The number of hydrogen-bond acceptors (Lipinski definition) is 5. The molecule has 150 valence electrons. The molecular weight excluding hydrogens is 360 g/mol. The van der Waals surface area contributed by atoms with Gasteiger partial charge in [0, 0.05) is 24.1 Å². The molecule has 1 aromatic heterocycles. The first kappa shape index (κ1) is 21.2. The van der Waals surface area contributed by atoms with Crippen molar-refractivity contribution in [1.82, 2.24) is 4.57 Å². The Bertz CT molecular complexity index is 998. The van der Waals surface area contributed by atoms with Gasteiger partial charge in [-0.05, 0) is 52.7 Å². The number of pyridine rings is 1. The normalized spacial score (nSPS) is 11.5. The van der Waals surface area contributed by atoms with Crippen molar-refractivity contribution in [3.63, 3.8) is 0 Å². The van der Waals surface area contributed by atoms with Gasteiger partial charge < -0.3 is 14.4 Å². The van der Waals surface area contributed by atoms with Gasteiger partial charge in [0.1, 0.15) is 6.61 Å². The molecule has 0 saturated heterocycles. The van der Waals surface area contributed by atoms with Crippen LogP contribution in [0.5, 0.6) is 11.5 Å². The quantitative estimate of drug-likeness (QED) is 0.403. The monoisotopic (exact) mass is 386 g/mol. The number of aromatic hydroxyl groups is 1. The average molecular weight is 386 g/mol. The third-order valence-corrected chi connectivity index (χ3v) is 4.46. The number of ether oxygens (including phenoxy) is 1. The fourth-order valence-electron chi connectivity index (χ4n) is 2.91. The number of nitro benzene ring substituents is 1. The van der Waals surface area contributed by atoms with Gasteiger partial charge in [-0.2, -0.15) is 0 Å². The van der Waals surface area contributed by atoms with Crippen LogP contribution in [0.2, 0.25) is 0 Å². The molecule has 0 fully saturated rings. The molecular formula is C21H26N2O5. The molecule has 28 heavy (non-hydrogen) atoms. The molecule has 0 amide bonds.